The standard InChI is InChI=1S/C22H20FN5O2S/c1-13(15-10-16(23)12-24-11-15)26-22-27-18-6-8-31-20(18)19(28-22)21(30)25-7-5-14-3-2-4-17(29)9-14/h2-4,6,8-13,29H,5,7H2,1H3,(H,25,30)(H,26,27,28)/t13-/m0/s1. The maximum absolute atomic E-state index is 13.5. The van der Waals surface area contributed by atoms with Crippen LogP contribution in [0.25, 0.3) is 10.2 Å². The van der Waals surface area contributed by atoms with E-state index in [4.69, 9.17) is 0 Å². The summed E-state index contributed by atoms with van der Waals surface area (Å²) in [5.41, 5.74) is 2.50. The summed E-state index contributed by atoms with van der Waals surface area (Å²) in [6.07, 6.45) is 3.29. The van der Waals surface area contributed by atoms with Gasteiger partial charge in [0, 0.05) is 12.7 Å². The van der Waals surface area contributed by atoms with Crippen LogP contribution in [0.5, 0.6) is 5.75 Å². The molecule has 4 rings (SSSR count). The summed E-state index contributed by atoms with van der Waals surface area (Å²) >= 11 is 1.39. The van der Waals surface area contributed by atoms with Gasteiger partial charge in [-0.15, -0.1) is 11.3 Å². The van der Waals surface area contributed by atoms with Crippen LogP contribution in [0, 0.1) is 5.82 Å². The predicted molar refractivity (Wildman–Crippen MR) is 118 cm³/mol. The van der Waals surface area contributed by atoms with Crippen molar-refractivity contribution in [2.75, 3.05) is 11.9 Å². The van der Waals surface area contributed by atoms with Gasteiger partial charge < -0.3 is 15.7 Å². The van der Waals surface area contributed by atoms with Gasteiger partial charge in [0.1, 0.15) is 11.6 Å². The van der Waals surface area contributed by atoms with Gasteiger partial charge in [0.2, 0.25) is 5.95 Å². The zero-order valence-electron chi connectivity index (χ0n) is 16.7. The molecule has 31 heavy (non-hydrogen) atoms. The predicted octanol–water partition coefficient (Wildman–Crippen LogP) is 4.08. The van der Waals surface area contributed by atoms with Gasteiger partial charge in [-0.05, 0) is 54.1 Å². The maximum Gasteiger partial charge on any atom is 0.271 e. The van der Waals surface area contributed by atoms with Gasteiger partial charge in [-0.2, -0.15) is 0 Å². The molecule has 3 heterocycles. The topological polar surface area (TPSA) is 100 Å². The number of phenolic OH excluding ortho intramolecular Hbond substituents is 1. The highest BCUT2D eigenvalue weighted by Crippen LogP contribution is 2.25. The summed E-state index contributed by atoms with van der Waals surface area (Å²) in [6, 6.07) is 9.83. The molecule has 158 valence electrons. The third kappa shape index (κ3) is 4.95. The molecule has 0 spiro atoms. The Labute approximate surface area is 182 Å². The van der Waals surface area contributed by atoms with Crippen LogP contribution in [-0.2, 0) is 6.42 Å². The number of amides is 1. The maximum atomic E-state index is 13.5. The number of rotatable bonds is 7. The Morgan fingerprint density at radius 3 is 2.90 bits per heavy atom. The van der Waals surface area contributed by atoms with Crippen molar-refractivity contribution in [1.29, 1.82) is 0 Å². The second kappa shape index (κ2) is 9.05. The Morgan fingerprint density at radius 2 is 2.10 bits per heavy atom. The first kappa shape index (κ1) is 20.7. The van der Waals surface area contributed by atoms with Crippen molar-refractivity contribution in [2.24, 2.45) is 0 Å². The van der Waals surface area contributed by atoms with Crippen molar-refractivity contribution >= 4 is 33.4 Å². The molecule has 0 aliphatic carbocycles. The zero-order chi connectivity index (χ0) is 21.8. The number of aromatic nitrogens is 3. The van der Waals surface area contributed by atoms with E-state index in [1.807, 2.05) is 24.4 Å². The molecule has 0 fully saturated rings. The molecule has 0 saturated heterocycles. The molecule has 4 aromatic rings. The van der Waals surface area contributed by atoms with Crippen molar-refractivity contribution in [3.8, 4) is 5.75 Å². The highest BCUT2D eigenvalue weighted by Gasteiger charge is 2.17. The van der Waals surface area contributed by atoms with Gasteiger partial charge in [0.25, 0.3) is 5.91 Å². The minimum atomic E-state index is -0.424. The molecule has 1 aromatic carbocycles. The summed E-state index contributed by atoms with van der Waals surface area (Å²) in [6.45, 7) is 2.24. The van der Waals surface area contributed by atoms with Crippen LogP contribution in [0.15, 0.2) is 54.2 Å². The number of benzene rings is 1. The third-order valence-corrected chi connectivity index (χ3v) is 5.61. The average Bonchev–Trinajstić information content (AvgIpc) is 3.21. The highest BCUT2D eigenvalue weighted by atomic mass is 32.1. The molecule has 1 amide bonds. The molecular formula is C22H20FN5O2S. The smallest absolute Gasteiger partial charge is 0.271 e. The lowest BCUT2D eigenvalue weighted by atomic mass is 10.1. The normalized spacial score (nSPS) is 11.9. The van der Waals surface area contributed by atoms with E-state index in [0.29, 0.717) is 28.7 Å². The van der Waals surface area contributed by atoms with Crippen molar-refractivity contribution in [2.45, 2.75) is 19.4 Å². The molecule has 3 aromatic heterocycles. The number of pyridine rings is 1. The number of fused-ring (bicyclic) bond motifs is 1. The molecule has 0 bridgehead atoms. The molecule has 7 nitrogen and oxygen atoms in total. The number of nitrogens with one attached hydrogen (secondary N) is 2. The van der Waals surface area contributed by atoms with E-state index in [1.54, 1.807) is 24.4 Å². The van der Waals surface area contributed by atoms with Gasteiger partial charge in [-0.1, -0.05) is 12.1 Å². The number of halogens is 1. The zero-order valence-corrected chi connectivity index (χ0v) is 17.5. The number of aromatic hydroxyl groups is 1. The van der Waals surface area contributed by atoms with Crippen LogP contribution < -0.4 is 10.6 Å². The summed E-state index contributed by atoms with van der Waals surface area (Å²) < 4.78 is 14.2. The van der Waals surface area contributed by atoms with E-state index in [-0.39, 0.29) is 29.3 Å². The van der Waals surface area contributed by atoms with Crippen LogP contribution in [0.2, 0.25) is 0 Å². The van der Waals surface area contributed by atoms with Crippen LogP contribution in [0.1, 0.15) is 34.6 Å². The summed E-state index contributed by atoms with van der Waals surface area (Å²) in [4.78, 5) is 25.6. The Morgan fingerprint density at radius 1 is 1.23 bits per heavy atom. The second-order valence-electron chi connectivity index (χ2n) is 7.01. The van der Waals surface area contributed by atoms with Gasteiger partial charge in [0.15, 0.2) is 5.69 Å². The van der Waals surface area contributed by atoms with E-state index < -0.39 is 5.82 Å². The number of carbonyl (C=O) groups excluding carboxylic acids is 1. The number of hydrogen-bond acceptors (Lipinski definition) is 7. The van der Waals surface area contributed by atoms with Crippen LogP contribution >= 0.6 is 11.3 Å². The van der Waals surface area contributed by atoms with E-state index in [0.717, 1.165) is 11.8 Å². The molecule has 0 unspecified atom stereocenters. The number of nitrogens with zero attached hydrogens (tertiary/aromatic N) is 3. The SMILES string of the molecule is C[C@H](Nc1nc(C(=O)NCCc2cccc(O)c2)c2sccc2n1)c1cncc(F)c1. The third-order valence-electron chi connectivity index (χ3n) is 4.70. The van der Waals surface area contributed by atoms with Crippen LogP contribution in [0.3, 0.4) is 0 Å². The molecule has 0 aliphatic rings. The number of carbonyl (C=O) groups is 1. The van der Waals surface area contributed by atoms with Crippen molar-refractivity contribution in [3.05, 3.63) is 76.8 Å². The molecule has 0 saturated carbocycles. The van der Waals surface area contributed by atoms with Crippen LogP contribution in [0.4, 0.5) is 10.3 Å². The van der Waals surface area contributed by atoms with Crippen molar-refractivity contribution < 1.29 is 14.3 Å². The lowest BCUT2D eigenvalue weighted by molar-refractivity contribution is 0.0951. The fourth-order valence-corrected chi connectivity index (χ4v) is 3.96. The Balaban J connectivity index is 1.50. The van der Waals surface area contributed by atoms with Gasteiger partial charge in [-0.25, -0.2) is 14.4 Å². The fraction of sp³-hybridized carbons (Fsp3) is 0.182. The molecular weight excluding hydrogens is 417 g/mol. The number of phenols is 1. The minimum Gasteiger partial charge on any atom is -0.508 e. The highest BCUT2D eigenvalue weighted by molar-refractivity contribution is 7.17. The van der Waals surface area contributed by atoms with Gasteiger partial charge in [0.05, 0.1) is 22.5 Å². The lowest BCUT2D eigenvalue weighted by Crippen LogP contribution is -2.27. The van der Waals surface area contributed by atoms with E-state index >= 15 is 0 Å². The van der Waals surface area contributed by atoms with E-state index in [2.05, 4.69) is 25.6 Å². The first-order valence-electron chi connectivity index (χ1n) is 9.68. The monoisotopic (exact) mass is 437 g/mol. The van der Waals surface area contributed by atoms with Crippen LogP contribution in [-0.4, -0.2) is 32.5 Å². The number of anilines is 1. The first-order chi connectivity index (χ1) is 15.0. The van der Waals surface area contributed by atoms with Crippen molar-refractivity contribution in [3.63, 3.8) is 0 Å². The number of thiophene rings is 1. The molecule has 0 aliphatic heterocycles. The molecule has 9 heteroatoms. The van der Waals surface area contributed by atoms with Crippen molar-refractivity contribution in [1.82, 2.24) is 20.3 Å². The minimum absolute atomic E-state index is 0.193. The van der Waals surface area contributed by atoms with E-state index in [9.17, 15) is 14.3 Å². The fourth-order valence-electron chi connectivity index (χ4n) is 3.14. The summed E-state index contributed by atoms with van der Waals surface area (Å²) in [5.74, 6) is -0.260. The first-order valence-corrected chi connectivity index (χ1v) is 10.6. The molecule has 1 atom stereocenters. The molecule has 3 N–H and O–H groups in total. The summed E-state index contributed by atoms with van der Waals surface area (Å²) in [5, 5.41) is 17.4. The van der Waals surface area contributed by atoms with E-state index in [1.165, 1.54) is 17.4 Å². The summed E-state index contributed by atoms with van der Waals surface area (Å²) in [7, 11) is 0. The lowest BCUT2D eigenvalue weighted by Gasteiger charge is -2.15. The second-order valence-corrected chi connectivity index (χ2v) is 7.93. The molecule has 0 radical (unpaired) electrons. The Hall–Kier alpha value is -3.59. The van der Waals surface area contributed by atoms with Gasteiger partial charge >= 0.3 is 0 Å². The average molecular weight is 438 g/mol. The quantitative estimate of drug-likeness (QED) is 0.403. The Kier molecular flexibility index (Phi) is 6.03. The Bertz CT molecular complexity index is 1230. The van der Waals surface area contributed by atoms with Gasteiger partial charge in [-0.3, -0.25) is 9.78 Å². The number of hydrogen-bond donors (Lipinski definition) is 3. The largest absolute Gasteiger partial charge is 0.508 e.